The van der Waals surface area contributed by atoms with Gasteiger partial charge in [-0.25, -0.2) is 14.0 Å². The summed E-state index contributed by atoms with van der Waals surface area (Å²) < 4.78 is 18.4. The van der Waals surface area contributed by atoms with Crippen molar-refractivity contribution in [3.63, 3.8) is 0 Å². The van der Waals surface area contributed by atoms with E-state index >= 15 is 0 Å². The molecule has 4 amide bonds. The van der Waals surface area contributed by atoms with Gasteiger partial charge in [0, 0.05) is 6.54 Å². The van der Waals surface area contributed by atoms with Crippen molar-refractivity contribution in [2.75, 3.05) is 13.7 Å². The Bertz CT molecular complexity index is 716. The summed E-state index contributed by atoms with van der Waals surface area (Å²) in [5, 5.41) is 0. The first-order valence-corrected chi connectivity index (χ1v) is 7.30. The minimum Gasteiger partial charge on any atom is -0.465 e. The molecular formula is C16H17FN2O5. The second-order valence-corrected chi connectivity index (χ2v) is 5.79. The lowest BCUT2D eigenvalue weighted by Gasteiger charge is -2.17. The second kappa shape index (κ2) is 6.77. The lowest BCUT2D eigenvalue weighted by atomic mass is 10.1. The minimum absolute atomic E-state index is 0.0161. The van der Waals surface area contributed by atoms with Crippen molar-refractivity contribution in [2.45, 2.75) is 20.4 Å². The van der Waals surface area contributed by atoms with E-state index in [1.807, 2.05) is 13.8 Å². The number of rotatable bonds is 5. The number of carbonyl (C=O) groups excluding carboxylic acids is 4. The second-order valence-electron chi connectivity index (χ2n) is 5.79. The van der Waals surface area contributed by atoms with E-state index in [1.54, 1.807) is 0 Å². The summed E-state index contributed by atoms with van der Waals surface area (Å²) in [5.74, 6) is -3.48. The highest BCUT2D eigenvalue weighted by Crippen LogP contribution is 2.19. The van der Waals surface area contributed by atoms with Crippen LogP contribution in [0.4, 0.5) is 9.18 Å². The molecule has 0 bridgehead atoms. The van der Waals surface area contributed by atoms with Gasteiger partial charge in [-0.3, -0.25) is 19.4 Å². The van der Waals surface area contributed by atoms with Gasteiger partial charge in [-0.05, 0) is 23.6 Å². The first-order valence-electron chi connectivity index (χ1n) is 7.30. The molecule has 128 valence electrons. The van der Waals surface area contributed by atoms with Gasteiger partial charge in [0.25, 0.3) is 0 Å². The van der Waals surface area contributed by atoms with Crippen LogP contribution in [0.15, 0.2) is 18.2 Å². The smallest absolute Gasteiger partial charge is 0.340 e. The van der Waals surface area contributed by atoms with Gasteiger partial charge in [0.2, 0.25) is 0 Å². The molecule has 0 unspecified atom stereocenters. The molecule has 0 atom stereocenters. The van der Waals surface area contributed by atoms with E-state index in [4.69, 9.17) is 0 Å². The average molecular weight is 336 g/mol. The molecule has 1 aliphatic rings. The fourth-order valence-electron chi connectivity index (χ4n) is 2.33. The van der Waals surface area contributed by atoms with Crippen LogP contribution in [0.3, 0.4) is 0 Å². The fourth-order valence-corrected chi connectivity index (χ4v) is 2.33. The van der Waals surface area contributed by atoms with Crippen LogP contribution >= 0.6 is 0 Å². The highest BCUT2D eigenvalue weighted by molar-refractivity contribution is 6.44. The predicted octanol–water partition coefficient (Wildman–Crippen LogP) is 1.56. The highest BCUT2D eigenvalue weighted by atomic mass is 19.1. The van der Waals surface area contributed by atoms with Gasteiger partial charge < -0.3 is 4.74 Å². The molecule has 0 N–H and O–H groups in total. The molecule has 8 heteroatoms. The molecule has 1 heterocycles. The Morgan fingerprint density at radius 3 is 2.33 bits per heavy atom. The van der Waals surface area contributed by atoms with E-state index < -0.39 is 29.6 Å². The van der Waals surface area contributed by atoms with Gasteiger partial charge in [0.15, 0.2) is 0 Å². The number of hydrogen-bond acceptors (Lipinski definition) is 5. The highest BCUT2D eigenvalue weighted by Gasteiger charge is 2.44. The number of carbonyl (C=O) groups is 4. The summed E-state index contributed by atoms with van der Waals surface area (Å²) in [5.41, 5.74) is 0.0267. The minimum atomic E-state index is -0.946. The molecule has 1 fully saturated rings. The number of urea groups is 1. The summed E-state index contributed by atoms with van der Waals surface area (Å²) in [6, 6.07) is 2.90. The van der Waals surface area contributed by atoms with Crippen LogP contribution in [-0.4, -0.2) is 47.3 Å². The van der Waals surface area contributed by atoms with E-state index in [0.717, 1.165) is 23.0 Å². The number of ether oxygens (including phenoxy) is 1. The lowest BCUT2D eigenvalue weighted by Crippen LogP contribution is -2.35. The Hall–Kier alpha value is -2.77. The van der Waals surface area contributed by atoms with Gasteiger partial charge in [0.1, 0.15) is 5.82 Å². The van der Waals surface area contributed by atoms with Crippen LogP contribution in [-0.2, 0) is 20.9 Å². The van der Waals surface area contributed by atoms with Crippen LogP contribution in [0.25, 0.3) is 0 Å². The van der Waals surface area contributed by atoms with Crippen molar-refractivity contribution in [3.8, 4) is 0 Å². The topological polar surface area (TPSA) is 84.0 Å². The fraction of sp³-hybridized carbons (Fsp3) is 0.375. The number of esters is 1. The molecule has 0 aliphatic carbocycles. The largest absolute Gasteiger partial charge is 0.465 e. The number of halogens is 1. The average Bonchev–Trinajstić information content (AvgIpc) is 2.72. The van der Waals surface area contributed by atoms with Gasteiger partial charge >= 0.3 is 23.8 Å². The number of amides is 4. The maximum Gasteiger partial charge on any atom is 0.340 e. The van der Waals surface area contributed by atoms with Crippen LogP contribution in [0.1, 0.15) is 29.8 Å². The van der Waals surface area contributed by atoms with Crippen LogP contribution in [0.5, 0.6) is 0 Å². The zero-order valence-corrected chi connectivity index (χ0v) is 13.5. The van der Waals surface area contributed by atoms with Crippen LogP contribution in [0, 0.1) is 11.7 Å². The van der Waals surface area contributed by atoms with Crippen molar-refractivity contribution in [1.29, 1.82) is 0 Å². The zero-order valence-electron chi connectivity index (χ0n) is 13.5. The molecular weight excluding hydrogens is 319 g/mol. The standard InChI is InChI=1S/C16H17FN2O5/c1-9(2)7-18-13(20)14(21)19(16(18)23)8-10-4-5-11(12(17)6-10)15(22)24-3/h4-6,9H,7-8H2,1-3H3. The Labute approximate surface area is 138 Å². The first-order chi connectivity index (χ1) is 11.3. The van der Waals surface area contributed by atoms with Gasteiger partial charge in [-0.2, -0.15) is 0 Å². The third-order valence-corrected chi connectivity index (χ3v) is 3.46. The van der Waals surface area contributed by atoms with E-state index in [9.17, 15) is 23.6 Å². The van der Waals surface area contributed by atoms with Crippen LogP contribution < -0.4 is 0 Å². The summed E-state index contributed by atoms with van der Waals surface area (Å²) in [6.45, 7) is 3.51. The van der Waals surface area contributed by atoms with E-state index in [2.05, 4.69) is 4.74 Å². The summed E-state index contributed by atoms with van der Waals surface area (Å²) in [7, 11) is 1.13. The number of methoxy groups -OCH3 is 1. The number of nitrogens with zero attached hydrogens (tertiary/aromatic N) is 2. The van der Waals surface area contributed by atoms with Gasteiger partial charge in [-0.15, -0.1) is 0 Å². The number of imide groups is 2. The van der Waals surface area contributed by atoms with Gasteiger partial charge in [-0.1, -0.05) is 19.9 Å². The SMILES string of the molecule is COC(=O)c1ccc(CN2C(=O)C(=O)N(CC(C)C)C2=O)cc1F. The molecule has 0 radical (unpaired) electrons. The molecule has 1 aliphatic heterocycles. The van der Waals surface area contributed by atoms with Crippen molar-refractivity contribution >= 4 is 23.8 Å². The molecule has 0 aromatic heterocycles. The van der Waals surface area contributed by atoms with Crippen molar-refractivity contribution in [3.05, 3.63) is 35.1 Å². The molecule has 0 saturated carbocycles. The summed E-state index contributed by atoms with van der Waals surface area (Å²) in [6.07, 6.45) is 0. The van der Waals surface area contributed by atoms with Gasteiger partial charge in [0.05, 0.1) is 19.2 Å². The Kier molecular flexibility index (Phi) is 4.96. The monoisotopic (exact) mass is 336 g/mol. The normalized spacial score (nSPS) is 14.8. The Morgan fingerprint density at radius 1 is 1.17 bits per heavy atom. The third-order valence-electron chi connectivity index (χ3n) is 3.46. The third kappa shape index (κ3) is 3.27. The molecule has 2 rings (SSSR count). The van der Waals surface area contributed by atoms with E-state index in [0.29, 0.717) is 0 Å². The summed E-state index contributed by atoms with van der Waals surface area (Å²) in [4.78, 5) is 49.1. The summed E-state index contributed by atoms with van der Waals surface area (Å²) >= 11 is 0. The molecule has 0 spiro atoms. The molecule has 1 aromatic rings. The molecule has 7 nitrogen and oxygen atoms in total. The first kappa shape index (κ1) is 17.6. The molecule has 1 aromatic carbocycles. The quantitative estimate of drug-likeness (QED) is 0.463. The maximum absolute atomic E-state index is 13.9. The Balaban J connectivity index is 2.20. The van der Waals surface area contributed by atoms with E-state index in [1.165, 1.54) is 12.1 Å². The Morgan fingerprint density at radius 2 is 1.79 bits per heavy atom. The molecule has 1 saturated heterocycles. The van der Waals surface area contributed by atoms with Crippen molar-refractivity contribution in [2.24, 2.45) is 5.92 Å². The van der Waals surface area contributed by atoms with E-state index in [-0.39, 0.29) is 30.1 Å². The number of hydrogen-bond donors (Lipinski definition) is 0. The zero-order chi connectivity index (χ0) is 18.0. The van der Waals surface area contributed by atoms with Crippen molar-refractivity contribution < 1.29 is 28.3 Å². The maximum atomic E-state index is 13.9. The lowest BCUT2D eigenvalue weighted by molar-refractivity contribution is -0.143. The predicted molar refractivity (Wildman–Crippen MR) is 80.2 cm³/mol. The van der Waals surface area contributed by atoms with Crippen molar-refractivity contribution in [1.82, 2.24) is 9.80 Å². The number of benzene rings is 1. The van der Waals surface area contributed by atoms with Crippen LogP contribution in [0.2, 0.25) is 0 Å². The molecule has 24 heavy (non-hydrogen) atoms.